The van der Waals surface area contributed by atoms with Crippen LogP contribution in [0.25, 0.3) is 0 Å². The summed E-state index contributed by atoms with van der Waals surface area (Å²) in [6.45, 7) is 1.79. The van der Waals surface area contributed by atoms with Gasteiger partial charge in [0.05, 0.1) is 6.04 Å². The Morgan fingerprint density at radius 2 is 1.81 bits per heavy atom. The Morgan fingerprint density at radius 3 is 2.52 bits per heavy atom. The van der Waals surface area contributed by atoms with Gasteiger partial charge < -0.3 is 5.32 Å². The minimum absolute atomic E-state index is 0.132. The summed E-state index contributed by atoms with van der Waals surface area (Å²) in [6, 6.07) is 13.1. The Bertz CT molecular complexity index is 686. The summed E-state index contributed by atoms with van der Waals surface area (Å²) in [5.74, 6) is -1.92. The second kappa shape index (κ2) is 4.95. The third-order valence-electron chi connectivity index (χ3n) is 4.17. The van der Waals surface area contributed by atoms with Crippen LogP contribution >= 0.6 is 0 Å². The molecule has 1 heterocycles. The number of benzene rings is 2. The summed E-state index contributed by atoms with van der Waals surface area (Å²) in [4.78, 5) is 11.9. The molecule has 0 spiro atoms. The zero-order valence-corrected chi connectivity index (χ0v) is 11.6. The monoisotopic (exact) mass is 287 g/mol. The van der Waals surface area contributed by atoms with Crippen molar-refractivity contribution in [3.63, 3.8) is 0 Å². The molecule has 2 unspecified atom stereocenters. The Kier molecular flexibility index (Phi) is 3.24. The van der Waals surface area contributed by atoms with E-state index in [1.54, 1.807) is 13.0 Å². The number of hydrogen-bond acceptors (Lipinski definition) is 1. The van der Waals surface area contributed by atoms with Crippen LogP contribution in [0.15, 0.2) is 48.5 Å². The topological polar surface area (TPSA) is 29.1 Å². The molecule has 0 bridgehead atoms. The normalized spacial score (nSPS) is 24.9. The fraction of sp³-hybridized carbons (Fsp3) is 0.235. The van der Waals surface area contributed by atoms with Crippen LogP contribution in [-0.2, 0) is 10.2 Å². The van der Waals surface area contributed by atoms with E-state index in [1.807, 2.05) is 30.3 Å². The number of hydrogen-bond donors (Lipinski definition) is 1. The highest BCUT2D eigenvalue weighted by Gasteiger charge is 2.46. The van der Waals surface area contributed by atoms with Gasteiger partial charge in [0.2, 0.25) is 5.91 Å². The van der Waals surface area contributed by atoms with Gasteiger partial charge in [-0.05, 0) is 17.2 Å². The van der Waals surface area contributed by atoms with Crippen LogP contribution < -0.4 is 5.32 Å². The van der Waals surface area contributed by atoms with Crippen LogP contribution in [-0.4, -0.2) is 5.91 Å². The van der Waals surface area contributed by atoms with Crippen molar-refractivity contribution in [3.05, 3.63) is 71.3 Å². The van der Waals surface area contributed by atoms with E-state index in [1.165, 1.54) is 6.07 Å². The van der Waals surface area contributed by atoms with E-state index in [4.69, 9.17) is 0 Å². The number of rotatable bonds is 2. The maximum atomic E-state index is 14.2. The molecule has 0 aromatic heterocycles. The zero-order valence-electron chi connectivity index (χ0n) is 11.6. The highest BCUT2D eigenvalue weighted by atomic mass is 19.2. The third kappa shape index (κ3) is 2.20. The van der Waals surface area contributed by atoms with E-state index in [0.29, 0.717) is 0 Å². The largest absolute Gasteiger partial charge is 0.348 e. The third-order valence-corrected chi connectivity index (χ3v) is 4.17. The summed E-state index contributed by atoms with van der Waals surface area (Å²) in [6.07, 6.45) is 0.132. The SMILES string of the molecule is CC1(c2cccc(F)c2F)CC(=O)NC1c1ccccc1. The minimum Gasteiger partial charge on any atom is -0.348 e. The molecule has 21 heavy (non-hydrogen) atoms. The van der Waals surface area contributed by atoms with Gasteiger partial charge in [0.15, 0.2) is 11.6 Å². The molecule has 3 rings (SSSR count). The van der Waals surface area contributed by atoms with Crippen LogP contribution in [0.5, 0.6) is 0 Å². The Morgan fingerprint density at radius 1 is 1.10 bits per heavy atom. The van der Waals surface area contributed by atoms with Gasteiger partial charge in [-0.2, -0.15) is 0 Å². The zero-order chi connectivity index (χ0) is 15.0. The lowest BCUT2D eigenvalue weighted by atomic mass is 9.73. The lowest BCUT2D eigenvalue weighted by Crippen LogP contribution is -2.31. The molecule has 0 radical (unpaired) electrons. The van der Waals surface area contributed by atoms with Crippen molar-refractivity contribution < 1.29 is 13.6 Å². The first-order valence-electron chi connectivity index (χ1n) is 6.81. The number of nitrogens with one attached hydrogen (secondary N) is 1. The first-order chi connectivity index (χ1) is 10.0. The molecule has 0 aliphatic carbocycles. The predicted molar refractivity (Wildman–Crippen MR) is 75.7 cm³/mol. The molecule has 1 fully saturated rings. The summed E-state index contributed by atoms with van der Waals surface area (Å²) >= 11 is 0. The molecule has 4 heteroatoms. The standard InChI is InChI=1S/C17H15F2NO/c1-17(12-8-5-9-13(18)15(12)19)10-14(21)20-16(17)11-6-3-2-4-7-11/h2-9,16H,10H2,1H3,(H,20,21). The van der Waals surface area contributed by atoms with Crippen molar-refractivity contribution in [1.29, 1.82) is 0 Å². The molecule has 2 aromatic rings. The van der Waals surface area contributed by atoms with E-state index in [-0.39, 0.29) is 23.9 Å². The molecule has 2 aromatic carbocycles. The highest BCUT2D eigenvalue weighted by Crippen LogP contribution is 2.45. The molecular weight excluding hydrogens is 272 g/mol. The maximum absolute atomic E-state index is 14.2. The fourth-order valence-corrected chi connectivity index (χ4v) is 3.10. The van der Waals surface area contributed by atoms with E-state index >= 15 is 0 Å². The molecule has 0 saturated carbocycles. The summed E-state index contributed by atoms with van der Waals surface area (Å²) in [5.41, 5.74) is 0.300. The van der Waals surface area contributed by atoms with E-state index in [0.717, 1.165) is 11.6 Å². The fourth-order valence-electron chi connectivity index (χ4n) is 3.10. The van der Waals surface area contributed by atoms with Crippen LogP contribution in [0.4, 0.5) is 8.78 Å². The quantitative estimate of drug-likeness (QED) is 0.900. The average Bonchev–Trinajstić information content (AvgIpc) is 2.79. The van der Waals surface area contributed by atoms with Gasteiger partial charge in [0.25, 0.3) is 0 Å². The average molecular weight is 287 g/mol. The highest BCUT2D eigenvalue weighted by molar-refractivity contribution is 5.82. The van der Waals surface area contributed by atoms with Crippen molar-refractivity contribution in [3.8, 4) is 0 Å². The first-order valence-corrected chi connectivity index (χ1v) is 6.81. The Balaban J connectivity index is 2.13. The lowest BCUT2D eigenvalue weighted by molar-refractivity contribution is -0.119. The van der Waals surface area contributed by atoms with Gasteiger partial charge in [-0.25, -0.2) is 8.78 Å². The van der Waals surface area contributed by atoms with Gasteiger partial charge in [0.1, 0.15) is 0 Å². The van der Waals surface area contributed by atoms with Gasteiger partial charge in [-0.1, -0.05) is 49.4 Å². The molecule has 1 aliphatic rings. The van der Waals surface area contributed by atoms with E-state index in [9.17, 15) is 13.6 Å². The van der Waals surface area contributed by atoms with Gasteiger partial charge >= 0.3 is 0 Å². The van der Waals surface area contributed by atoms with Crippen molar-refractivity contribution in [2.45, 2.75) is 24.8 Å². The molecule has 1 saturated heterocycles. The molecule has 1 amide bonds. The molecular formula is C17H15F2NO. The molecule has 2 nitrogen and oxygen atoms in total. The summed E-state index contributed by atoms with van der Waals surface area (Å²) in [7, 11) is 0. The molecule has 2 atom stereocenters. The smallest absolute Gasteiger partial charge is 0.221 e. The van der Waals surface area contributed by atoms with E-state index in [2.05, 4.69) is 5.32 Å². The van der Waals surface area contributed by atoms with Crippen molar-refractivity contribution in [2.75, 3.05) is 0 Å². The number of carbonyl (C=O) groups excluding carboxylic acids is 1. The van der Waals surface area contributed by atoms with E-state index < -0.39 is 17.0 Å². The number of amides is 1. The maximum Gasteiger partial charge on any atom is 0.221 e. The Hall–Kier alpha value is -2.23. The van der Waals surface area contributed by atoms with Crippen molar-refractivity contribution in [2.24, 2.45) is 0 Å². The number of carbonyl (C=O) groups is 1. The van der Waals surface area contributed by atoms with Crippen molar-refractivity contribution >= 4 is 5.91 Å². The minimum atomic E-state index is -0.889. The second-order valence-electron chi connectivity index (χ2n) is 5.61. The summed E-state index contributed by atoms with van der Waals surface area (Å²) < 4.78 is 27.7. The predicted octanol–water partition coefficient (Wildman–Crippen LogP) is 3.48. The molecule has 1 N–H and O–H groups in total. The Labute approximate surface area is 121 Å². The summed E-state index contributed by atoms with van der Waals surface area (Å²) in [5, 5.41) is 2.88. The van der Waals surface area contributed by atoms with Gasteiger partial charge in [-0.15, -0.1) is 0 Å². The van der Waals surface area contributed by atoms with Crippen LogP contribution in [0.1, 0.15) is 30.5 Å². The van der Waals surface area contributed by atoms with Crippen molar-refractivity contribution in [1.82, 2.24) is 5.32 Å². The van der Waals surface area contributed by atoms with Crippen LogP contribution in [0.3, 0.4) is 0 Å². The van der Waals surface area contributed by atoms with Crippen LogP contribution in [0.2, 0.25) is 0 Å². The van der Waals surface area contributed by atoms with Gasteiger partial charge in [0, 0.05) is 11.8 Å². The lowest BCUT2D eigenvalue weighted by Gasteiger charge is -2.31. The molecule has 108 valence electrons. The second-order valence-corrected chi connectivity index (χ2v) is 5.61. The van der Waals surface area contributed by atoms with Crippen LogP contribution in [0, 0.1) is 11.6 Å². The first kappa shape index (κ1) is 13.7. The molecule has 1 aliphatic heterocycles. The number of halogens is 2. The van der Waals surface area contributed by atoms with Gasteiger partial charge in [-0.3, -0.25) is 4.79 Å².